The Balaban J connectivity index is 1.33. The van der Waals surface area contributed by atoms with Gasteiger partial charge in [0.1, 0.15) is 17.0 Å². The van der Waals surface area contributed by atoms with E-state index in [2.05, 4.69) is 28.6 Å². The molecule has 4 nitrogen and oxygen atoms in total. The summed E-state index contributed by atoms with van der Waals surface area (Å²) in [5.41, 5.74) is 2.52. The molecule has 182 valence electrons. The number of rotatable bonds is 4. The molecule has 0 bridgehead atoms. The van der Waals surface area contributed by atoms with Crippen LogP contribution in [0.3, 0.4) is 0 Å². The smallest absolute Gasteiger partial charge is 0.193 e. The first-order chi connectivity index (χ1) is 17.5. The second-order valence-electron chi connectivity index (χ2n) is 9.23. The molecule has 2 aromatic heterocycles. The van der Waals surface area contributed by atoms with Crippen LogP contribution in [0.25, 0.3) is 22.1 Å². The van der Waals surface area contributed by atoms with E-state index in [1.165, 1.54) is 25.3 Å². The van der Waals surface area contributed by atoms with Gasteiger partial charge in [-0.05, 0) is 79.7 Å². The lowest BCUT2D eigenvalue weighted by Gasteiger charge is -2.30. The van der Waals surface area contributed by atoms with Crippen molar-refractivity contribution in [1.82, 2.24) is 9.88 Å². The summed E-state index contributed by atoms with van der Waals surface area (Å²) >= 11 is 5.92. The summed E-state index contributed by atoms with van der Waals surface area (Å²) in [6, 6.07) is 15.3. The van der Waals surface area contributed by atoms with Crippen LogP contribution >= 0.6 is 11.6 Å². The summed E-state index contributed by atoms with van der Waals surface area (Å²) in [6.07, 6.45) is 5.18. The van der Waals surface area contributed by atoms with Crippen molar-refractivity contribution < 1.29 is 8.81 Å². The SMILES string of the molecule is CCC1CCN(Cc2cc(=O)c3cc(C#Cc4ncc(-c5ccc(Cl)cc5)cc4F)ccc3o2)CC1. The van der Waals surface area contributed by atoms with Crippen LogP contribution in [0.15, 0.2) is 70.0 Å². The van der Waals surface area contributed by atoms with Gasteiger partial charge in [0.05, 0.1) is 11.9 Å². The Morgan fingerprint density at radius 2 is 1.83 bits per heavy atom. The van der Waals surface area contributed by atoms with Crippen LogP contribution < -0.4 is 5.43 Å². The Kier molecular flexibility index (Phi) is 7.18. The van der Waals surface area contributed by atoms with Crippen molar-refractivity contribution in [2.24, 2.45) is 5.92 Å². The van der Waals surface area contributed by atoms with E-state index in [0.29, 0.717) is 39.4 Å². The Bertz CT molecular complexity index is 1510. The van der Waals surface area contributed by atoms with Gasteiger partial charge in [-0.25, -0.2) is 9.37 Å². The number of aromatic nitrogens is 1. The first kappa shape index (κ1) is 24.2. The Hall–Kier alpha value is -3.46. The lowest BCUT2D eigenvalue weighted by atomic mass is 9.94. The zero-order chi connectivity index (χ0) is 25.1. The first-order valence-corrected chi connectivity index (χ1v) is 12.6. The van der Waals surface area contributed by atoms with Crippen LogP contribution in [0.1, 0.15) is 43.2 Å². The van der Waals surface area contributed by atoms with Crippen molar-refractivity contribution in [3.05, 3.63) is 98.9 Å². The minimum atomic E-state index is -0.511. The molecular formula is C30H26ClFN2O2. The topological polar surface area (TPSA) is 46.3 Å². The molecule has 0 radical (unpaired) electrons. The fourth-order valence-electron chi connectivity index (χ4n) is 4.60. The summed E-state index contributed by atoms with van der Waals surface area (Å²) < 4.78 is 20.7. The maximum atomic E-state index is 14.7. The van der Waals surface area contributed by atoms with Gasteiger partial charge in [0.15, 0.2) is 11.2 Å². The predicted molar refractivity (Wildman–Crippen MR) is 141 cm³/mol. The van der Waals surface area contributed by atoms with Gasteiger partial charge in [0.2, 0.25) is 0 Å². The highest BCUT2D eigenvalue weighted by Gasteiger charge is 2.19. The molecule has 1 fully saturated rings. The second kappa shape index (κ2) is 10.7. The van der Waals surface area contributed by atoms with Crippen LogP contribution in [-0.4, -0.2) is 23.0 Å². The Morgan fingerprint density at radius 1 is 1.06 bits per heavy atom. The van der Waals surface area contributed by atoms with Crippen molar-refractivity contribution in [3.63, 3.8) is 0 Å². The molecule has 0 N–H and O–H groups in total. The van der Waals surface area contributed by atoms with Gasteiger partial charge in [0, 0.05) is 28.4 Å². The summed E-state index contributed by atoms with van der Waals surface area (Å²) in [5.74, 6) is 6.66. The maximum Gasteiger partial charge on any atom is 0.193 e. The van der Waals surface area contributed by atoms with Crippen LogP contribution in [0, 0.1) is 23.6 Å². The molecule has 0 unspecified atom stereocenters. The van der Waals surface area contributed by atoms with Gasteiger partial charge >= 0.3 is 0 Å². The highest BCUT2D eigenvalue weighted by molar-refractivity contribution is 6.30. The number of hydrogen-bond donors (Lipinski definition) is 0. The monoisotopic (exact) mass is 500 g/mol. The number of piperidine rings is 1. The minimum Gasteiger partial charge on any atom is -0.459 e. The number of pyridine rings is 1. The Morgan fingerprint density at radius 3 is 2.56 bits per heavy atom. The standard InChI is InChI=1S/C30H26ClFN2O2/c1-2-20-11-13-34(14-12-20)19-25-17-29(35)26-15-21(4-10-30(26)36-25)3-9-28-27(32)16-23(18-33-28)22-5-7-24(31)8-6-22/h4-8,10,15-18,20H,2,11-14,19H2,1H3. The molecule has 36 heavy (non-hydrogen) atoms. The summed E-state index contributed by atoms with van der Waals surface area (Å²) in [4.78, 5) is 19.3. The quantitative estimate of drug-likeness (QED) is 0.294. The normalized spacial score (nSPS) is 14.5. The molecule has 0 amide bonds. The number of hydrogen-bond acceptors (Lipinski definition) is 4. The third kappa shape index (κ3) is 5.51. The van der Waals surface area contributed by atoms with E-state index in [1.807, 2.05) is 12.1 Å². The Labute approximate surface area is 214 Å². The van der Waals surface area contributed by atoms with Gasteiger partial charge < -0.3 is 4.42 Å². The molecule has 1 saturated heterocycles. The highest BCUT2D eigenvalue weighted by Crippen LogP contribution is 2.24. The fourth-order valence-corrected chi connectivity index (χ4v) is 4.72. The molecule has 1 aliphatic rings. The van der Waals surface area contributed by atoms with Gasteiger partial charge in [-0.3, -0.25) is 9.69 Å². The second-order valence-corrected chi connectivity index (χ2v) is 9.66. The zero-order valence-corrected chi connectivity index (χ0v) is 20.8. The van der Waals surface area contributed by atoms with Gasteiger partial charge in [-0.15, -0.1) is 0 Å². The lowest BCUT2D eigenvalue weighted by molar-refractivity contribution is 0.165. The molecule has 6 heteroatoms. The van der Waals surface area contributed by atoms with Crippen molar-refractivity contribution in [2.75, 3.05) is 13.1 Å². The molecule has 3 heterocycles. The van der Waals surface area contributed by atoms with Crippen molar-refractivity contribution in [1.29, 1.82) is 0 Å². The molecule has 0 spiro atoms. The van der Waals surface area contributed by atoms with E-state index in [1.54, 1.807) is 42.6 Å². The predicted octanol–water partition coefficient (Wildman–Crippen LogP) is 6.67. The van der Waals surface area contributed by atoms with E-state index in [0.717, 1.165) is 24.6 Å². The van der Waals surface area contributed by atoms with Crippen molar-refractivity contribution >= 4 is 22.6 Å². The lowest BCUT2D eigenvalue weighted by Crippen LogP contribution is -2.33. The number of likely N-dealkylation sites (tertiary alicyclic amines) is 1. The van der Waals surface area contributed by atoms with E-state index in [-0.39, 0.29) is 11.1 Å². The van der Waals surface area contributed by atoms with Gasteiger partial charge in [-0.2, -0.15) is 0 Å². The van der Waals surface area contributed by atoms with Crippen molar-refractivity contribution in [2.45, 2.75) is 32.7 Å². The van der Waals surface area contributed by atoms with E-state index in [9.17, 15) is 9.18 Å². The average Bonchev–Trinajstić information content (AvgIpc) is 2.89. The number of nitrogens with zero attached hydrogens (tertiary/aromatic N) is 2. The summed E-state index contributed by atoms with van der Waals surface area (Å²) in [7, 11) is 0. The van der Waals surface area contributed by atoms with Crippen LogP contribution in [0.5, 0.6) is 0 Å². The third-order valence-electron chi connectivity index (χ3n) is 6.79. The molecule has 0 saturated carbocycles. The summed E-state index contributed by atoms with van der Waals surface area (Å²) in [6.45, 7) is 4.94. The van der Waals surface area contributed by atoms with E-state index >= 15 is 0 Å². The molecule has 0 atom stereocenters. The molecule has 2 aromatic carbocycles. The van der Waals surface area contributed by atoms with Gasteiger partial charge in [0.25, 0.3) is 0 Å². The zero-order valence-electron chi connectivity index (χ0n) is 20.1. The number of fused-ring (bicyclic) bond motifs is 1. The molecule has 1 aliphatic heterocycles. The maximum absolute atomic E-state index is 14.7. The molecular weight excluding hydrogens is 475 g/mol. The molecule has 4 aromatic rings. The first-order valence-electron chi connectivity index (χ1n) is 12.2. The van der Waals surface area contributed by atoms with Crippen molar-refractivity contribution in [3.8, 4) is 23.0 Å². The van der Waals surface area contributed by atoms with E-state index in [4.69, 9.17) is 16.0 Å². The average molecular weight is 501 g/mol. The molecule has 5 rings (SSSR count). The van der Waals surface area contributed by atoms with Crippen LogP contribution in [-0.2, 0) is 6.54 Å². The van der Waals surface area contributed by atoms with Gasteiger partial charge in [-0.1, -0.05) is 43.0 Å². The highest BCUT2D eigenvalue weighted by atomic mass is 35.5. The van der Waals surface area contributed by atoms with Crippen LogP contribution in [0.4, 0.5) is 4.39 Å². The largest absolute Gasteiger partial charge is 0.459 e. The van der Waals surface area contributed by atoms with E-state index < -0.39 is 5.82 Å². The number of benzene rings is 2. The van der Waals surface area contributed by atoms with Crippen LogP contribution in [0.2, 0.25) is 5.02 Å². The number of halogens is 2. The summed E-state index contributed by atoms with van der Waals surface area (Å²) in [5, 5.41) is 1.07. The molecule has 0 aliphatic carbocycles. The third-order valence-corrected chi connectivity index (χ3v) is 7.04. The minimum absolute atomic E-state index is 0.0436. The fraction of sp³-hybridized carbons (Fsp3) is 0.267.